The summed E-state index contributed by atoms with van der Waals surface area (Å²) in [6, 6.07) is 2.25. The van der Waals surface area contributed by atoms with Crippen molar-refractivity contribution >= 4 is 11.8 Å². The molecule has 0 unspecified atom stereocenters. The highest BCUT2D eigenvalue weighted by Crippen LogP contribution is 2.40. The molecular weight excluding hydrogens is 280 g/mol. The van der Waals surface area contributed by atoms with Gasteiger partial charge in [-0.2, -0.15) is 5.26 Å². The van der Waals surface area contributed by atoms with E-state index < -0.39 is 11.0 Å². The zero-order chi connectivity index (χ0) is 16.1. The number of primary amides is 1. The van der Waals surface area contributed by atoms with E-state index >= 15 is 0 Å². The normalized spacial score (nSPS) is 23.2. The first-order valence-electron chi connectivity index (χ1n) is 8.25. The molecule has 2 amide bonds. The molecule has 0 aromatic heterocycles. The third kappa shape index (κ3) is 3.77. The highest BCUT2D eigenvalue weighted by atomic mass is 16.2. The number of hydrogen-bond donors (Lipinski definition) is 3. The molecule has 0 atom stereocenters. The monoisotopic (exact) mass is 306 g/mol. The summed E-state index contributed by atoms with van der Waals surface area (Å²) in [6.45, 7) is 1.47. The zero-order valence-electron chi connectivity index (χ0n) is 13.1. The molecule has 122 valence electrons. The first-order valence-corrected chi connectivity index (χ1v) is 8.25. The van der Waals surface area contributed by atoms with Gasteiger partial charge < -0.3 is 16.4 Å². The Morgan fingerprint density at radius 3 is 2.32 bits per heavy atom. The third-order valence-electron chi connectivity index (χ3n) is 5.21. The van der Waals surface area contributed by atoms with Crippen LogP contribution in [0.5, 0.6) is 0 Å². The summed E-state index contributed by atoms with van der Waals surface area (Å²) in [7, 11) is 0. The molecule has 0 aromatic rings. The van der Waals surface area contributed by atoms with Gasteiger partial charge in [-0.25, -0.2) is 0 Å². The standard InChI is InChI=1S/C16H26N4O2/c17-12-16(8-10-19-11-9-16)20-13(21)4-7-15(14(18)22)5-2-1-3-6-15/h19H,1-11H2,(H2,18,22)(H,20,21). The Kier molecular flexibility index (Phi) is 5.41. The summed E-state index contributed by atoms with van der Waals surface area (Å²) in [5.41, 5.74) is 4.31. The minimum absolute atomic E-state index is 0.144. The number of nitrogens with two attached hydrogens (primary N) is 1. The molecule has 2 rings (SSSR count). The summed E-state index contributed by atoms with van der Waals surface area (Å²) in [5.74, 6) is -0.425. The maximum atomic E-state index is 12.2. The van der Waals surface area contributed by atoms with Crippen LogP contribution in [0.15, 0.2) is 0 Å². The van der Waals surface area contributed by atoms with Crippen molar-refractivity contribution in [1.82, 2.24) is 10.6 Å². The van der Waals surface area contributed by atoms with Crippen LogP contribution >= 0.6 is 0 Å². The molecule has 0 spiro atoms. The second-order valence-corrected chi connectivity index (χ2v) is 6.70. The minimum Gasteiger partial charge on any atom is -0.369 e. The maximum Gasteiger partial charge on any atom is 0.223 e. The van der Waals surface area contributed by atoms with E-state index in [1.165, 1.54) is 0 Å². The van der Waals surface area contributed by atoms with Gasteiger partial charge in [0, 0.05) is 11.8 Å². The number of nitrogens with one attached hydrogen (secondary N) is 2. The van der Waals surface area contributed by atoms with Gasteiger partial charge in [0.1, 0.15) is 5.54 Å². The third-order valence-corrected chi connectivity index (χ3v) is 5.21. The fourth-order valence-electron chi connectivity index (χ4n) is 3.65. The van der Waals surface area contributed by atoms with Gasteiger partial charge in [0.25, 0.3) is 0 Å². The van der Waals surface area contributed by atoms with Gasteiger partial charge in [-0.15, -0.1) is 0 Å². The van der Waals surface area contributed by atoms with E-state index in [2.05, 4.69) is 16.7 Å². The lowest BCUT2D eigenvalue weighted by molar-refractivity contribution is -0.131. The van der Waals surface area contributed by atoms with E-state index in [4.69, 9.17) is 5.73 Å². The second-order valence-electron chi connectivity index (χ2n) is 6.70. The smallest absolute Gasteiger partial charge is 0.223 e. The molecule has 0 bridgehead atoms. The summed E-state index contributed by atoms with van der Waals surface area (Å²) in [4.78, 5) is 24.1. The van der Waals surface area contributed by atoms with E-state index in [1.807, 2.05) is 0 Å². The van der Waals surface area contributed by atoms with Crippen LogP contribution in [-0.4, -0.2) is 30.4 Å². The molecule has 1 aliphatic carbocycles. The predicted octanol–water partition coefficient (Wildman–Crippen LogP) is 0.964. The molecular formula is C16H26N4O2. The maximum absolute atomic E-state index is 12.2. The van der Waals surface area contributed by atoms with Crippen molar-refractivity contribution in [2.24, 2.45) is 11.1 Å². The highest BCUT2D eigenvalue weighted by molar-refractivity contribution is 5.83. The fraction of sp³-hybridized carbons (Fsp3) is 0.812. The van der Waals surface area contributed by atoms with E-state index in [0.29, 0.717) is 19.3 Å². The highest BCUT2D eigenvalue weighted by Gasteiger charge is 2.39. The van der Waals surface area contributed by atoms with Gasteiger partial charge in [0.05, 0.1) is 6.07 Å². The van der Waals surface area contributed by atoms with Gasteiger partial charge in [-0.3, -0.25) is 9.59 Å². The lowest BCUT2D eigenvalue weighted by atomic mass is 9.70. The van der Waals surface area contributed by atoms with Gasteiger partial charge in [0.15, 0.2) is 0 Å². The summed E-state index contributed by atoms with van der Waals surface area (Å²) >= 11 is 0. The Morgan fingerprint density at radius 1 is 1.14 bits per heavy atom. The Morgan fingerprint density at radius 2 is 1.77 bits per heavy atom. The van der Waals surface area contributed by atoms with Crippen LogP contribution in [0.2, 0.25) is 0 Å². The van der Waals surface area contributed by atoms with E-state index in [0.717, 1.165) is 45.2 Å². The second kappa shape index (κ2) is 7.10. The Balaban J connectivity index is 1.91. The lowest BCUT2D eigenvalue weighted by Gasteiger charge is -2.35. The molecule has 6 nitrogen and oxygen atoms in total. The first kappa shape index (κ1) is 16.8. The number of nitrogens with zero attached hydrogens (tertiary/aromatic N) is 1. The number of carbonyl (C=O) groups excluding carboxylic acids is 2. The number of amides is 2. The van der Waals surface area contributed by atoms with Crippen molar-refractivity contribution in [3.63, 3.8) is 0 Å². The Labute approximate surface area is 131 Å². The average molecular weight is 306 g/mol. The van der Waals surface area contributed by atoms with Crippen LogP contribution < -0.4 is 16.4 Å². The number of carbonyl (C=O) groups is 2. The van der Waals surface area contributed by atoms with Gasteiger partial charge in [-0.1, -0.05) is 19.3 Å². The molecule has 4 N–H and O–H groups in total. The van der Waals surface area contributed by atoms with Crippen LogP contribution in [-0.2, 0) is 9.59 Å². The van der Waals surface area contributed by atoms with Crippen LogP contribution in [0.25, 0.3) is 0 Å². The van der Waals surface area contributed by atoms with Crippen molar-refractivity contribution in [2.75, 3.05) is 13.1 Å². The molecule has 2 fully saturated rings. The molecule has 6 heteroatoms. The Bertz CT molecular complexity index is 457. The lowest BCUT2D eigenvalue weighted by Crippen LogP contribution is -2.53. The van der Waals surface area contributed by atoms with E-state index in [9.17, 15) is 14.9 Å². The minimum atomic E-state index is -0.755. The van der Waals surface area contributed by atoms with Crippen LogP contribution in [0.4, 0.5) is 0 Å². The summed E-state index contributed by atoms with van der Waals surface area (Å²) in [6.07, 6.45) is 6.69. The Hall–Kier alpha value is -1.61. The summed E-state index contributed by atoms with van der Waals surface area (Å²) in [5, 5.41) is 15.5. The molecule has 1 saturated heterocycles. The van der Waals surface area contributed by atoms with Gasteiger partial charge in [0.2, 0.25) is 11.8 Å². The zero-order valence-corrected chi connectivity index (χ0v) is 13.1. The number of nitriles is 1. The molecule has 2 aliphatic rings. The summed E-state index contributed by atoms with van der Waals surface area (Å²) < 4.78 is 0. The molecule has 0 radical (unpaired) electrons. The van der Waals surface area contributed by atoms with Crippen LogP contribution in [0.3, 0.4) is 0 Å². The largest absolute Gasteiger partial charge is 0.369 e. The number of rotatable bonds is 5. The average Bonchev–Trinajstić information content (AvgIpc) is 2.54. The molecule has 1 aliphatic heterocycles. The molecule has 1 saturated carbocycles. The first-order chi connectivity index (χ1) is 10.5. The van der Waals surface area contributed by atoms with Gasteiger partial charge >= 0.3 is 0 Å². The topological polar surface area (TPSA) is 108 Å². The number of piperidine rings is 1. The SMILES string of the molecule is N#CC1(NC(=O)CCC2(C(N)=O)CCCCC2)CCNCC1. The fourth-order valence-corrected chi connectivity index (χ4v) is 3.65. The van der Waals surface area contributed by atoms with Crippen molar-refractivity contribution in [2.45, 2.75) is 63.3 Å². The van der Waals surface area contributed by atoms with E-state index in [-0.39, 0.29) is 18.2 Å². The van der Waals surface area contributed by atoms with E-state index in [1.54, 1.807) is 0 Å². The molecule has 1 heterocycles. The van der Waals surface area contributed by atoms with Crippen molar-refractivity contribution in [1.29, 1.82) is 5.26 Å². The van der Waals surface area contributed by atoms with Crippen molar-refractivity contribution < 1.29 is 9.59 Å². The van der Waals surface area contributed by atoms with Crippen molar-refractivity contribution in [3.05, 3.63) is 0 Å². The predicted molar refractivity (Wildman–Crippen MR) is 82.5 cm³/mol. The van der Waals surface area contributed by atoms with Crippen molar-refractivity contribution in [3.8, 4) is 6.07 Å². The molecule has 22 heavy (non-hydrogen) atoms. The number of hydrogen-bond acceptors (Lipinski definition) is 4. The van der Waals surface area contributed by atoms with Gasteiger partial charge in [-0.05, 0) is 45.2 Å². The van der Waals surface area contributed by atoms with Crippen LogP contribution in [0.1, 0.15) is 57.8 Å². The quantitative estimate of drug-likeness (QED) is 0.703. The molecule has 0 aromatic carbocycles. The van der Waals surface area contributed by atoms with Crippen LogP contribution in [0, 0.1) is 16.7 Å².